The molecule has 1 fully saturated rings. The van der Waals surface area contributed by atoms with Gasteiger partial charge in [0.2, 0.25) is 0 Å². The summed E-state index contributed by atoms with van der Waals surface area (Å²) in [5, 5.41) is 1.95. The van der Waals surface area contributed by atoms with Crippen LogP contribution in [-0.2, 0) is 0 Å². The van der Waals surface area contributed by atoms with Crippen LogP contribution in [0.1, 0.15) is 22.5 Å². The van der Waals surface area contributed by atoms with Gasteiger partial charge in [-0.15, -0.1) is 11.3 Å². The van der Waals surface area contributed by atoms with Gasteiger partial charge in [0.25, 0.3) is 5.91 Å². The van der Waals surface area contributed by atoms with Crippen LogP contribution in [0.4, 0.5) is 4.39 Å². The van der Waals surface area contributed by atoms with Crippen molar-refractivity contribution < 1.29 is 9.18 Å². The minimum absolute atomic E-state index is 0.0830. The SMILES string of the molecule is O=C(c1cc2ccc(F)cc2s1)N1CCC(CBr)CC1. The molecule has 0 N–H and O–H groups in total. The van der Waals surface area contributed by atoms with Crippen molar-refractivity contribution in [3.8, 4) is 0 Å². The number of benzene rings is 1. The Morgan fingerprint density at radius 2 is 2.10 bits per heavy atom. The lowest BCUT2D eigenvalue weighted by molar-refractivity contribution is 0.0704. The molecule has 2 aromatic rings. The van der Waals surface area contributed by atoms with Gasteiger partial charge in [-0.25, -0.2) is 4.39 Å². The number of rotatable bonds is 2. The van der Waals surface area contributed by atoms with E-state index < -0.39 is 0 Å². The van der Waals surface area contributed by atoms with Crippen molar-refractivity contribution in [2.45, 2.75) is 12.8 Å². The molecule has 106 valence electrons. The molecule has 1 aromatic carbocycles. The zero-order valence-electron chi connectivity index (χ0n) is 10.9. The standard InChI is InChI=1S/C15H15BrFNOS/c16-9-10-3-5-18(6-4-10)15(19)14-7-11-1-2-12(17)8-13(11)20-14/h1-2,7-8,10H,3-6,9H2. The van der Waals surface area contributed by atoms with E-state index in [1.54, 1.807) is 6.07 Å². The topological polar surface area (TPSA) is 20.3 Å². The molecule has 0 aliphatic carbocycles. The van der Waals surface area contributed by atoms with E-state index in [1.165, 1.54) is 23.5 Å². The van der Waals surface area contributed by atoms with Crippen LogP contribution in [0.2, 0.25) is 0 Å². The number of hydrogen-bond acceptors (Lipinski definition) is 2. The van der Waals surface area contributed by atoms with Crippen LogP contribution in [0.25, 0.3) is 10.1 Å². The number of amides is 1. The molecule has 0 spiro atoms. The molecular formula is C15H15BrFNOS. The predicted octanol–water partition coefficient (Wildman–Crippen LogP) is 4.29. The average molecular weight is 356 g/mol. The van der Waals surface area contributed by atoms with Gasteiger partial charge in [0.05, 0.1) is 4.88 Å². The molecule has 2 nitrogen and oxygen atoms in total. The van der Waals surface area contributed by atoms with Crippen molar-refractivity contribution in [1.29, 1.82) is 0 Å². The van der Waals surface area contributed by atoms with Gasteiger partial charge in [-0.2, -0.15) is 0 Å². The van der Waals surface area contributed by atoms with Crippen LogP contribution in [0.5, 0.6) is 0 Å². The highest BCUT2D eigenvalue weighted by Gasteiger charge is 2.24. The predicted molar refractivity (Wildman–Crippen MR) is 84.2 cm³/mol. The lowest BCUT2D eigenvalue weighted by atomic mass is 9.99. The van der Waals surface area contributed by atoms with Crippen molar-refractivity contribution in [1.82, 2.24) is 4.90 Å². The highest BCUT2D eigenvalue weighted by Crippen LogP contribution is 2.28. The van der Waals surface area contributed by atoms with Crippen molar-refractivity contribution in [3.63, 3.8) is 0 Å². The minimum atomic E-state index is -0.253. The van der Waals surface area contributed by atoms with E-state index in [1.807, 2.05) is 11.0 Å². The molecular weight excluding hydrogens is 341 g/mol. The Kier molecular flexibility index (Phi) is 4.08. The van der Waals surface area contributed by atoms with Gasteiger partial charge in [-0.05, 0) is 42.3 Å². The first kappa shape index (κ1) is 14.0. The third kappa shape index (κ3) is 2.74. The average Bonchev–Trinajstić information content (AvgIpc) is 2.89. The van der Waals surface area contributed by atoms with Gasteiger partial charge < -0.3 is 4.90 Å². The van der Waals surface area contributed by atoms with Crippen LogP contribution >= 0.6 is 27.3 Å². The van der Waals surface area contributed by atoms with Gasteiger partial charge in [-0.3, -0.25) is 4.79 Å². The molecule has 0 unspecified atom stereocenters. The number of thiophene rings is 1. The number of alkyl halides is 1. The Morgan fingerprint density at radius 3 is 2.80 bits per heavy atom. The van der Waals surface area contributed by atoms with E-state index in [0.29, 0.717) is 10.8 Å². The molecule has 0 saturated carbocycles. The van der Waals surface area contributed by atoms with Crippen molar-refractivity contribution in [2.75, 3.05) is 18.4 Å². The molecule has 20 heavy (non-hydrogen) atoms. The zero-order chi connectivity index (χ0) is 14.1. The summed E-state index contributed by atoms with van der Waals surface area (Å²) in [6.45, 7) is 1.63. The second-order valence-electron chi connectivity index (χ2n) is 5.18. The van der Waals surface area contributed by atoms with E-state index in [9.17, 15) is 9.18 Å². The van der Waals surface area contributed by atoms with Gasteiger partial charge in [0.15, 0.2) is 0 Å². The van der Waals surface area contributed by atoms with Gasteiger partial charge in [-0.1, -0.05) is 22.0 Å². The maximum Gasteiger partial charge on any atom is 0.263 e. The van der Waals surface area contributed by atoms with E-state index in [-0.39, 0.29) is 11.7 Å². The molecule has 2 heterocycles. The molecule has 1 aliphatic rings. The van der Waals surface area contributed by atoms with Crippen molar-refractivity contribution in [3.05, 3.63) is 35.0 Å². The first-order valence-electron chi connectivity index (χ1n) is 6.71. The highest BCUT2D eigenvalue weighted by molar-refractivity contribution is 9.09. The normalized spacial score (nSPS) is 16.8. The van der Waals surface area contributed by atoms with Crippen LogP contribution < -0.4 is 0 Å². The van der Waals surface area contributed by atoms with Crippen molar-refractivity contribution in [2.24, 2.45) is 5.92 Å². The fourth-order valence-electron chi connectivity index (χ4n) is 2.56. The van der Waals surface area contributed by atoms with Crippen LogP contribution in [0.3, 0.4) is 0 Å². The second kappa shape index (κ2) is 5.82. The zero-order valence-corrected chi connectivity index (χ0v) is 13.3. The van der Waals surface area contributed by atoms with Crippen LogP contribution in [-0.4, -0.2) is 29.2 Å². The number of hydrogen-bond donors (Lipinski definition) is 0. The van der Waals surface area contributed by atoms with E-state index in [2.05, 4.69) is 15.9 Å². The molecule has 3 rings (SSSR count). The number of halogens is 2. The first-order valence-corrected chi connectivity index (χ1v) is 8.65. The van der Waals surface area contributed by atoms with Gasteiger partial charge in [0, 0.05) is 23.1 Å². The minimum Gasteiger partial charge on any atom is -0.338 e. The van der Waals surface area contributed by atoms with E-state index >= 15 is 0 Å². The molecule has 1 saturated heterocycles. The summed E-state index contributed by atoms with van der Waals surface area (Å²) in [6.07, 6.45) is 2.10. The molecule has 1 aromatic heterocycles. The summed E-state index contributed by atoms with van der Waals surface area (Å²) in [4.78, 5) is 15.1. The van der Waals surface area contributed by atoms with Crippen LogP contribution in [0.15, 0.2) is 24.3 Å². The second-order valence-corrected chi connectivity index (χ2v) is 6.91. The van der Waals surface area contributed by atoms with E-state index in [0.717, 1.165) is 41.3 Å². The quantitative estimate of drug-likeness (QED) is 0.736. The third-order valence-electron chi connectivity index (χ3n) is 3.81. The molecule has 0 atom stereocenters. The Bertz CT molecular complexity index is 634. The maximum absolute atomic E-state index is 13.2. The molecule has 0 radical (unpaired) electrons. The number of nitrogens with zero attached hydrogens (tertiary/aromatic N) is 1. The van der Waals surface area contributed by atoms with E-state index in [4.69, 9.17) is 0 Å². The number of piperidine rings is 1. The maximum atomic E-state index is 13.2. The number of carbonyl (C=O) groups excluding carboxylic acids is 1. The summed E-state index contributed by atoms with van der Waals surface area (Å²) in [5.41, 5.74) is 0. The van der Waals surface area contributed by atoms with Gasteiger partial charge in [0.1, 0.15) is 5.82 Å². The molecule has 0 bridgehead atoms. The summed E-state index contributed by atoms with van der Waals surface area (Å²) in [6, 6.07) is 6.53. The van der Waals surface area contributed by atoms with Gasteiger partial charge >= 0.3 is 0 Å². The Hall–Kier alpha value is -0.940. The Balaban J connectivity index is 1.79. The monoisotopic (exact) mass is 355 g/mol. The fourth-order valence-corrected chi connectivity index (χ4v) is 4.26. The molecule has 5 heteroatoms. The summed E-state index contributed by atoms with van der Waals surface area (Å²) in [7, 11) is 0. The Labute approximate surface area is 129 Å². The summed E-state index contributed by atoms with van der Waals surface area (Å²) < 4.78 is 14.0. The van der Waals surface area contributed by atoms with Crippen LogP contribution in [0, 0.1) is 11.7 Å². The Morgan fingerprint density at radius 1 is 1.35 bits per heavy atom. The highest BCUT2D eigenvalue weighted by atomic mass is 79.9. The lowest BCUT2D eigenvalue weighted by Gasteiger charge is -2.30. The van der Waals surface area contributed by atoms with Crippen molar-refractivity contribution >= 4 is 43.3 Å². The molecule has 1 aliphatic heterocycles. The number of likely N-dealkylation sites (tertiary alicyclic amines) is 1. The summed E-state index contributed by atoms with van der Waals surface area (Å²) in [5.74, 6) is 0.506. The lowest BCUT2D eigenvalue weighted by Crippen LogP contribution is -2.38. The first-order chi connectivity index (χ1) is 9.67. The third-order valence-corrected chi connectivity index (χ3v) is 5.81. The summed E-state index contributed by atoms with van der Waals surface area (Å²) >= 11 is 4.89. The number of carbonyl (C=O) groups is 1. The smallest absolute Gasteiger partial charge is 0.263 e. The largest absolute Gasteiger partial charge is 0.338 e. The molecule has 1 amide bonds. The number of fused-ring (bicyclic) bond motifs is 1. The fraction of sp³-hybridized carbons (Fsp3) is 0.400.